The maximum absolute atomic E-state index is 14.0. The number of carbonyl (C=O) groups excluding carboxylic acids is 1. The van der Waals surface area contributed by atoms with Crippen molar-refractivity contribution in [2.45, 2.75) is 109 Å². The molecule has 4 unspecified atom stereocenters. The number of ketones is 1. The molecular formula is C29H45NO6. The average molecular weight is 504 g/mol. The molecule has 0 aromatic heterocycles. The lowest BCUT2D eigenvalue weighted by atomic mass is 9.45. The monoisotopic (exact) mass is 503 g/mol. The lowest BCUT2D eigenvalue weighted by Gasteiger charge is -2.61. The fraction of sp³-hybridized carbons (Fsp3) is 0.793. The Morgan fingerprint density at radius 1 is 1.17 bits per heavy atom. The summed E-state index contributed by atoms with van der Waals surface area (Å²) < 4.78 is 0. The summed E-state index contributed by atoms with van der Waals surface area (Å²) >= 11 is 0. The van der Waals surface area contributed by atoms with Crippen molar-refractivity contribution >= 4 is 11.8 Å². The second kappa shape index (κ2) is 8.75. The van der Waals surface area contributed by atoms with Gasteiger partial charge in [-0.25, -0.2) is 0 Å². The van der Waals surface area contributed by atoms with Crippen LogP contribution >= 0.6 is 0 Å². The van der Waals surface area contributed by atoms with Crippen LogP contribution in [0.3, 0.4) is 0 Å². The van der Waals surface area contributed by atoms with Gasteiger partial charge in [-0.15, -0.1) is 0 Å². The summed E-state index contributed by atoms with van der Waals surface area (Å²) in [7, 11) is 0. The molecule has 7 nitrogen and oxygen atoms in total. The number of carboxylic acid groups (broad SMARTS) is 1. The number of hydrogen-bond acceptors (Lipinski definition) is 6. The molecule has 36 heavy (non-hydrogen) atoms. The van der Waals surface area contributed by atoms with Gasteiger partial charge in [0.1, 0.15) is 0 Å². The number of allylic oxidation sites excluding steroid dienone is 1. The van der Waals surface area contributed by atoms with Crippen LogP contribution in [-0.2, 0) is 9.59 Å². The Labute approximate surface area is 214 Å². The van der Waals surface area contributed by atoms with Gasteiger partial charge in [0.25, 0.3) is 0 Å². The summed E-state index contributed by atoms with van der Waals surface area (Å²) in [5.74, 6) is -1.52. The minimum Gasteiger partial charge on any atom is -0.481 e. The van der Waals surface area contributed by atoms with Crippen LogP contribution < -0.4 is 5.73 Å². The minimum absolute atomic E-state index is 0.00928. The molecule has 4 aliphatic carbocycles. The molecule has 202 valence electrons. The molecular weight excluding hydrogens is 458 g/mol. The van der Waals surface area contributed by atoms with Crippen LogP contribution in [0.2, 0.25) is 0 Å². The Morgan fingerprint density at radius 3 is 2.42 bits per heavy atom. The Morgan fingerprint density at radius 2 is 1.81 bits per heavy atom. The highest BCUT2D eigenvalue weighted by molar-refractivity contribution is 6.00. The standard InChI is InChI=1S/C29H45NO6/c1-15(17(3)25(34)35)7-8-16(2)18-9-12-29(30)24-19(31)13-21-26(4,11-10-22(33)28(21,6)36)23(24)20(32)14-27(18,29)5/h16-19,21-22,31,33,36H,1,7-14,30H2,2-6H3,(H,34,35)/t16-,17?,18-,19?,21?,22?,26+,27-,28-,29-/m1/s1. The van der Waals surface area contributed by atoms with Gasteiger partial charge in [-0.2, -0.15) is 0 Å². The molecule has 0 radical (unpaired) electrons. The number of carboxylic acids is 1. The van der Waals surface area contributed by atoms with Crippen LogP contribution in [0, 0.1) is 34.5 Å². The van der Waals surface area contributed by atoms with Gasteiger partial charge in [0.2, 0.25) is 0 Å². The molecule has 0 aliphatic heterocycles. The smallest absolute Gasteiger partial charge is 0.310 e. The third kappa shape index (κ3) is 3.68. The molecule has 0 spiro atoms. The van der Waals surface area contributed by atoms with E-state index in [1.54, 1.807) is 13.8 Å². The molecule has 0 saturated heterocycles. The van der Waals surface area contributed by atoms with Crippen LogP contribution in [0.15, 0.2) is 23.3 Å². The summed E-state index contributed by atoms with van der Waals surface area (Å²) in [5, 5.41) is 42.5. The third-order valence-electron chi connectivity index (χ3n) is 11.3. The van der Waals surface area contributed by atoms with E-state index in [4.69, 9.17) is 5.73 Å². The molecule has 0 bridgehead atoms. The van der Waals surface area contributed by atoms with Crippen molar-refractivity contribution in [1.82, 2.24) is 0 Å². The highest BCUT2D eigenvalue weighted by atomic mass is 16.4. The predicted molar refractivity (Wildman–Crippen MR) is 137 cm³/mol. The highest BCUT2D eigenvalue weighted by Crippen LogP contribution is 2.66. The Hall–Kier alpha value is -1.54. The lowest BCUT2D eigenvalue weighted by Crippen LogP contribution is -2.67. The zero-order chi connectivity index (χ0) is 27.0. The number of aliphatic hydroxyl groups is 3. The number of aliphatic carboxylic acids is 1. The van der Waals surface area contributed by atoms with E-state index in [9.17, 15) is 30.0 Å². The number of rotatable bonds is 6. The summed E-state index contributed by atoms with van der Waals surface area (Å²) in [6.45, 7) is 13.5. The van der Waals surface area contributed by atoms with E-state index in [-0.39, 0.29) is 24.0 Å². The highest BCUT2D eigenvalue weighted by Gasteiger charge is 2.68. The first-order valence-electron chi connectivity index (χ1n) is 13.6. The second-order valence-electron chi connectivity index (χ2n) is 13.2. The van der Waals surface area contributed by atoms with Gasteiger partial charge in [0.15, 0.2) is 5.78 Å². The molecule has 4 rings (SSSR count). The number of carbonyl (C=O) groups is 2. The van der Waals surface area contributed by atoms with Gasteiger partial charge in [-0.05, 0) is 81.6 Å². The number of aliphatic hydroxyl groups excluding tert-OH is 2. The van der Waals surface area contributed by atoms with Crippen LogP contribution in [-0.4, -0.2) is 55.5 Å². The molecule has 4 aliphatic rings. The predicted octanol–water partition coefficient (Wildman–Crippen LogP) is 3.36. The topological polar surface area (TPSA) is 141 Å². The average Bonchev–Trinajstić information content (AvgIpc) is 3.06. The van der Waals surface area contributed by atoms with Gasteiger partial charge < -0.3 is 26.2 Å². The zero-order valence-corrected chi connectivity index (χ0v) is 22.5. The SMILES string of the molecule is C=C(CC[C@@H](C)[C@H]1CC[C@@]2(N)C3=C(C(=O)C[C@]12C)[C@@]1(C)CCC(O)[C@](C)(O)C1CC3O)C(C)C(=O)O. The molecule has 0 aromatic carbocycles. The first kappa shape index (κ1) is 27.5. The van der Waals surface area contributed by atoms with Crippen molar-refractivity contribution in [1.29, 1.82) is 0 Å². The Balaban J connectivity index is 1.68. The van der Waals surface area contributed by atoms with E-state index in [0.717, 1.165) is 12.8 Å². The summed E-state index contributed by atoms with van der Waals surface area (Å²) in [6.07, 6.45) is 2.60. The van der Waals surface area contributed by atoms with Crippen molar-refractivity contribution in [2.75, 3.05) is 0 Å². The molecule has 2 saturated carbocycles. The van der Waals surface area contributed by atoms with Crippen LogP contribution in [0.1, 0.15) is 86.0 Å². The van der Waals surface area contributed by atoms with E-state index in [1.807, 2.05) is 6.92 Å². The molecule has 2 fully saturated rings. The van der Waals surface area contributed by atoms with Crippen molar-refractivity contribution in [3.8, 4) is 0 Å². The molecule has 7 heteroatoms. The third-order valence-corrected chi connectivity index (χ3v) is 11.3. The van der Waals surface area contributed by atoms with E-state index < -0.39 is 52.0 Å². The molecule has 0 heterocycles. The second-order valence-corrected chi connectivity index (χ2v) is 13.2. The number of hydrogen-bond donors (Lipinski definition) is 5. The van der Waals surface area contributed by atoms with Crippen LogP contribution in [0.4, 0.5) is 0 Å². The Bertz CT molecular complexity index is 1000. The van der Waals surface area contributed by atoms with Crippen LogP contribution in [0.5, 0.6) is 0 Å². The zero-order valence-electron chi connectivity index (χ0n) is 22.5. The quantitative estimate of drug-likeness (QED) is 0.350. The van der Waals surface area contributed by atoms with Crippen molar-refractivity contribution < 1.29 is 30.0 Å². The van der Waals surface area contributed by atoms with Gasteiger partial charge in [0, 0.05) is 28.9 Å². The molecule has 6 N–H and O–H groups in total. The molecule has 10 atom stereocenters. The Kier molecular flexibility index (Phi) is 6.69. The maximum atomic E-state index is 14.0. The summed E-state index contributed by atoms with van der Waals surface area (Å²) in [4.78, 5) is 25.3. The van der Waals surface area contributed by atoms with Crippen molar-refractivity contribution in [2.24, 2.45) is 40.2 Å². The fourth-order valence-electron chi connectivity index (χ4n) is 8.77. The van der Waals surface area contributed by atoms with Gasteiger partial charge in [0.05, 0.1) is 23.7 Å². The number of Topliss-reactive ketones (excluding diaryl/α,β-unsaturated/α-hetero) is 1. The minimum atomic E-state index is -1.39. The lowest BCUT2D eigenvalue weighted by molar-refractivity contribution is -0.175. The molecule has 0 aromatic rings. The normalized spacial score (nSPS) is 46.0. The van der Waals surface area contributed by atoms with Crippen LogP contribution in [0.25, 0.3) is 0 Å². The van der Waals surface area contributed by atoms with E-state index in [1.165, 1.54) is 0 Å². The summed E-state index contributed by atoms with van der Waals surface area (Å²) in [6, 6.07) is 0. The van der Waals surface area contributed by atoms with Crippen molar-refractivity contribution in [3.05, 3.63) is 23.3 Å². The van der Waals surface area contributed by atoms with Gasteiger partial charge in [-0.3, -0.25) is 9.59 Å². The van der Waals surface area contributed by atoms with E-state index in [0.29, 0.717) is 48.8 Å². The largest absolute Gasteiger partial charge is 0.481 e. The van der Waals surface area contributed by atoms with Gasteiger partial charge in [-0.1, -0.05) is 32.9 Å². The number of fused-ring (bicyclic) bond motifs is 4. The van der Waals surface area contributed by atoms with E-state index in [2.05, 4.69) is 20.4 Å². The fourth-order valence-corrected chi connectivity index (χ4v) is 8.77. The van der Waals surface area contributed by atoms with E-state index >= 15 is 0 Å². The maximum Gasteiger partial charge on any atom is 0.310 e. The van der Waals surface area contributed by atoms with Gasteiger partial charge >= 0.3 is 5.97 Å². The summed E-state index contributed by atoms with van der Waals surface area (Å²) in [5.41, 5.74) is 5.88. The van der Waals surface area contributed by atoms with Crippen molar-refractivity contribution in [3.63, 3.8) is 0 Å². The number of nitrogens with two attached hydrogens (primary N) is 1. The first-order chi connectivity index (χ1) is 16.5. The first-order valence-corrected chi connectivity index (χ1v) is 13.6. The molecule has 0 amide bonds.